The van der Waals surface area contributed by atoms with Crippen molar-refractivity contribution < 1.29 is 38.5 Å². The first-order valence-electron chi connectivity index (χ1n) is 18.5. The molecule has 0 aliphatic carbocycles. The molecule has 0 aromatic heterocycles. The van der Waals surface area contributed by atoms with Crippen molar-refractivity contribution in [1.82, 2.24) is 15.5 Å². The third-order valence-corrected chi connectivity index (χ3v) is 9.49. The Morgan fingerprint density at radius 3 is 2.33 bits per heavy atom. The third-order valence-electron chi connectivity index (χ3n) is 9.06. The molecule has 1 aliphatic heterocycles. The van der Waals surface area contributed by atoms with E-state index in [0.717, 1.165) is 25.1 Å². The van der Waals surface area contributed by atoms with E-state index in [1.807, 2.05) is 13.8 Å². The van der Waals surface area contributed by atoms with Crippen LogP contribution in [0.1, 0.15) is 83.6 Å². The molecule has 3 N–H and O–H groups in total. The molecule has 2 aromatic carbocycles. The number of halogens is 1. The molecule has 1 aliphatic rings. The number of esters is 1. The molecule has 6 atom stereocenters. The highest BCUT2D eigenvalue weighted by Gasteiger charge is 2.43. The molecule has 2 amide bonds. The number of allylic oxidation sites excluding steroid dienone is 1. The van der Waals surface area contributed by atoms with Gasteiger partial charge in [0.1, 0.15) is 17.9 Å². The van der Waals surface area contributed by atoms with Gasteiger partial charge in [-0.3, -0.25) is 14.4 Å². The molecule has 0 radical (unpaired) electrons. The number of carboxylic acids is 1. The Kier molecular flexibility index (Phi) is 17.4. The van der Waals surface area contributed by atoms with Crippen molar-refractivity contribution >= 4 is 48.0 Å². The molecule has 1 saturated heterocycles. The van der Waals surface area contributed by atoms with Gasteiger partial charge in [0, 0.05) is 30.8 Å². The number of methoxy groups -OCH3 is 1. The summed E-state index contributed by atoms with van der Waals surface area (Å²) in [6, 6.07) is 12.7. The van der Waals surface area contributed by atoms with Gasteiger partial charge in [0.2, 0.25) is 11.8 Å². The van der Waals surface area contributed by atoms with E-state index >= 15 is 0 Å². The van der Waals surface area contributed by atoms with Gasteiger partial charge in [-0.1, -0.05) is 75.7 Å². The zero-order valence-electron chi connectivity index (χ0n) is 32.8. The van der Waals surface area contributed by atoms with Crippen molar-refractivity contribution in [1.29, 1.82) is 0 Å². The maximum Gasteiger partial charge on any atom is 0.345 e. The van der Waals surface area contributed by atoms with Crippen LogP contribution in [-0.4, -0.2) is 84.0 Å². The predicted molar refractivity (Wildman–Crippen MR) is 214 cm³/mol. The molecule has 0 spiro atoms. The molecule has 11 nitrogen and oxygen atoms in total. The number of carboxylic acid groups (broad SMARTS) is 1. The summed E-state index contributed by atoms with van der Waals surface area (Å²) in [5, 5.41) is 15.3. The summed E-state index contributed by atoms with van der Waals surface area (Å²) < 4.78 is 16.4. The number of carbonyl (C=O) groups excluding carboxylic acids is 3. The number of nitrogens with one attached hydrogen (secondary N) is 2. The average molecular weight is 788 g/mol. The molecule has 54 heavy (non-hydrogen) atoms. The summed E-state index contributed by atoms with van der Waals surface area (Å²) in [6.45, 7) is 13.2. The summed E-state index contributed by atoms with van der Waals surface area (Å²) in [4.78, 5) is 52.9. The van der Waals surface area contributed by atoms with Gasteiger partial charge in [0.15, 0.2) is 6.10 Å². The monoisotopic (exact) mass is 787 g/mol. The Bertz CT molecular complexity index is 1600. The third kappa shape index (κ3) is 15.3. The van der Waals surface area contributed by atoms with E-state index in [-0.39, 0.29) is 48.2 Å². The number of amides is 2. The fourth-order valence-corrected chi connectivity index (χ4v) is 6.75. The van der Waals surface area contributed by atoms with Crippen LogP contribution in [0.4, 0.5) is 0 Å². The minimum Gasteiger partial charge on any atom is -0.495 e. The number of thiol groups is 1. The zero-order valence-corrected chi connectivity index (χ0v) is 34.4. The van der Waals surface area contributed by atoms with Crippen LogP contribution in [-0.2, 0) is 41.6 Å². The number of epoxide rings is 1. The second-order valence-corrected chi connectivity index (χ2v) is 17.1. The highest BCUT2D eigenvalue weighted by atomic mass is 35.5. The first-order valence-corrected chi connectivity index (χ1v) is 19.3. The highest BCUT2D eigenvalue weighted by molar-refractivity contribution is 7.81. The fourth-order valence-electron chi connectivity index (χ4n) is 6.23. The molecular formula is C41H58ClN3O8S. The first kappa shape index (κ1) is 44.8. The van der Waals surface area contributed by atoms with Crippen molar-refractivity contribution in [3.8, 4) is 5.75 Å². The SMILES string of the molecule is COc1ccc(CC(NC(=O)C=CCCC(C)C2OC2c2ccc(CN(C)CC(C)(C)S)cc2)C(=O)NCC(C)C(=O)OC(CC(C)C)C(=O)O)cc1Cl. The van der Waals surface area contributed by atoms with Crippen LogP contribution in [0.2, 0.25) is 5.02 Å². The number of rotatable bonds is 22. The Labute approximate surface area is 330 Å². The number of hydrogen-bond acceptors (Lipinski definition) is 9. The highest BCUT2D eigenvalue weighted by Crippen LogP contribution is 2.44. The summed E-state index contributed by atoms with van der Waals surface area (Å²) in [7, 11) is 3.60. The summed E-state index contributed by atoms with van der Waals surface area (Å²) in [6.07, 6.45) is 3.85. The normalized spacial score (nSPS) is 17.9. The lowest BCUT2D eigenvalue weighted by atomic mass is 9.96. The van der Waals surface area contributed by atoms with E-state index in [1.54, 1.807) is 24.3 Å². The molecule has 0 bridgehead atoms. The van der Waals surface area contributed by atoms with Gasteiger partial charge in [-0.25, -0.2) is 4.79 Å². The van der Waals surface area contributed by atoms with Gasteiger partial charge in [-0.15, -0.1) is 0 Å². The minimum absolute atomic E-state index is 0.00460. The van der Waals surface area contributed by atoms with Gasteiger partial charge in [0.05, 0.1) is 24.2 Å². The average Bonchev–Trinajstić information content (AvgIpc) is 3.89. The van der Waals surface area contributed by atoms with Crippen molar-refractivity contribution in [2.24, 2.45) is 17.8 Å². The van der Waals surface area contributed by atoms with Crippen LogP contribution in [0.15, 0.2) is 54.6 Å². The fraction of sp³-hybridized carbons (Fsp3) is 0.561. The smallest absolute Gasteiger partial charge is 0.345 e. The number of ether oxygens (including phenoxy) is 3. The summed E-state index contributed by atoms with van der Waals surface area (Å²) in [5.41, 5.74) is 3.08. The van der Waals surface area contributed by atoms with Gasteiger partial charge >= 0.3 is 11.9 Å². The van der Waals surface area contributed by atoms with Crippen molar-refractivity contribution in [2.75, 3.05) is 27.2 Å². The molecule has 1 fully saturated rings. The topological polar surface area (TPSA) is 147 Å². The van der Waals surface area contributed by atoms with Crippen molar-refractivity contribution in [3.63, 3.8) is 0 Å². The Morgan fingerprint density at radius 1 is 1.07 bits per heavy atom. The predicted octanol–water partition coefficient (Wildman–Crippen LogP) is 6.42. The van der Waals surface area contributed by atoms with Crippen molar-refractivity contribution in [3.05, 3.63) is 76.3 Å². The van der Waals surface area contributed by atoms with Crippen LogP contribution in [0, 0.1) is 17.8 Å². The lowest BCUT2D eigenvalue weighted by molar-refractivity contribution is -0.167. The quantitative estimate of drug-likeness (QED) is 0.0460. The van der Waals surface area contributed by atoms with E-state index in [1.165, 1.54) is 25.7 Å². The lowest BCUT2D eigenvalue weighted by Gasteiger charge is -2.25. The largest absolute Gasteiger partial charge is 0.495 e. The van der Waals surface area contributed by atoms with E-state index in [2.05, 4.69) is 80.2 Å². The van der Waals surface area contributed by atoms with Crippen LogP contribution < -0.4 is 15.4 Å². The summed E-state index contributed by atoms with van der Waals surface area (Å²) in [5.74, 6) is -3.01. The molecule has 298 valence electrons. The van der Waals surface area contributed by atoms with Crippen LogP contribution >= 0.6 is 24.2 Å². The number of aliphatic carboxylic acids is 1. The molecule has 6 unspecified atom stereocenters. The number of carbonyl (C=O) groups is 4. The van der Waals surface area contributed by atoms with Gasteiger partial charge < -0.3 is 34.9 Å². The number of benzene rings is 2. The van der Waals surface area contributed by atoms with Gasteiger partial charge in [-0.05, 0) is 86.9 Å². The molecule has 3 rings (SSSR count). The van der Waals surface area contributed by atoms with E-state index in [0.29, 0.717) is 22.8 Å². The Balaban J connectivity index is 1.54. The molecular weight excluding hydrogens is 730 g/mol. The Hall–Kier alpha value is -3.58. The van der Waals surface area contributed by atoms with Gasteiger partial charge in [-0.2, -0.15) is 12.6 Å². The standard InChI is InChI=1S/C41H58ClN3O8S/c1-25(2)19-34(39(48)49)52-40(50)27(4)22-43-38(47)32(21-29-15-18-33(51-8)31(42)20-29)44-35(46)12-10-9-11-26(3)36-37(53-36)30-16-13-28(14-17-30)23-45(7)24-41(5,6)54/h10,12-18,20,25-27,32,34,36-37,54H,9,11,19,21-24H2,1-8H3,(H,43,47)(H,44,46)(H,48,49). The minimum atomic E-state index is -1.28. The first-order chi connectivity index (χ1) is 25.4. The second kappa shape index (κ2) is 20.9. The molecule has 13 heteroatoms. The zero-order chi connectivity index (χ0) is 40.2. The van der Waals surface area contributed by atoms with E-state index in [4.69, 9.17) is 25.8 Å². The number of nitrogens with zero attached hydrogens (tertiary/aromatic N) is 1. The summed E-state index contributed by atoms with van der Waals surface area (Å²) >= 11 is 11.0. The Morgan fingerprint density at radius 2 is 1.74 bits per heavy atom. The van der Waals surface area contributed by atoms with Crippen LogP contribution in [0.5, 0.6) is 5.75 Å². The number of hydrogen-bond donors (Lipinski definition) is 4. The van der Waals surface area contributed by atoms with Crippen LogP contribution in [0.3, 0.4) is 0 Å². The maximum atomic E-state index is 13.4. The maximum absolute atomic E-state index is 13.4. The van der Waals surface area contributed by atoms with Crippen LogP contribution in [0.25, 0.3) is 0 Å². The molecule has 1 heterocycles. The van der Waals surface area contributed by atoms with E-state index in [9.17, 15) is 24.3 Å². The van der Waals surface area contributed by atoms with E-state index < -0.39 is 41.8 Å². The molecule has 0 saturated carbocycles. The van der Waals surface area contributed by atoms with Crippen molar-refractivity contribution in [2.45, 2.75) is 103 Å². The lowest BCUT2D eigenvalue weighted by Crippen LogP contribution is -2.49. The molecule has 2 aromatic rings. The van der Waals surface area contributed by atoms with Gasteiger partial charge in [0.25, 0.3) is 0 Å². The second-order valence-electron chi connectivity index (χ2n) is 15.5.